The molecule has 0 aromatic heterocycles. The summed E-state index contributed by atoms with van der Waals surface area (Å²) in [6.07, 6.45) is 18.7. The van der Waals surface area contributed by atoms with Crippen molar-refractivity contribution in [3.63, 3.8) is 0 Å². The van der Waals surface area contributed by atoms with Crippen LogP contribution in [-0.2, 0) is 20.4 Å². The Morgan fingerprint density at radius 3 is 2.59 bits per heavy atom. The van der Waals surface area contributed by atoms with Crippen molar-refractivity contribution < 1.29 is 9.53 Å². The van der Waals surface area contributed by atoms with E-state index in [1.54, 1.807) is 120 Å². The third-order valence-electron chi connectivity index (χ3n) is 18.8. The van der Waals surface area contributed by atoms with Gasteiger partial charge in [-0.15, -0.1) is 0 Å². The Hall–Kier alpha value is -4.95. The normalized spacial score (nSPS) is 33.0. The molecule has 0 heterocycles. The fraction of sp³-hybridized carbons (Fsp3) is 0.352. The SMILES string of the molecule is CCCCOC(=O)CCCC1(c2ccccc2)C2C3=c4c5c6c7c8c9c%10c%11c%12c%13c%14c%15c(c4c%13c5c%118)=C(CC%15=CC4CC5=C(C%10C(=CC=9CC7=CC621)C5)C%12C%144)C3. The van der Waals surface area contributed by atoms with E-state index in [4.69, 9.17) is 4.74 Å². The molecule has 12 aliphatic carbocycles. The summed E-state index contributed by atoms with van der Waals surface area (Å²) in [6.45, 7) is 2.71. The number of carbonyl (C=O) groups is 1. The molecule has 0 radical (unpaired) electrons. The summed E-state index contributed by atoms with van der Waals surface area (Å²) in [6, 6.07) is 11.7. The number of unbranched alkanes of at least 4 members (excludes halogenated alkanes) is 1. The number of ether oxygens (including phenoxy) is 1. The van der Waals surface area contributed by atoms with Crippen LogP contribution in [-0.4, -0.2) is 12.6 Å². The van der Waals surface area contributed by atoms with Crippen molar-refractivity contribution in [2.45, 2.75) is 99.7 Å². The first-order valence-electron chi connectivity index (χ1n) is 22.2. The number of allylic oxidation sites excluding steroid dienone is 8. The third kappa shape index (κ3) is 2.28. The Morgan fingerprint density at radius 2 is 1.68 bits per heavy atom. The smallest absolute Gasteiger partial charge is 0.305 e. The predicted molar refractivity (Wildman–Crippen MR) is 222 cm³/mol. The van der Waals surface area contributed by atoms with E-state index in [2.05, 4.69) is 55.5 Å². The number of hydrogen-bond donors (Lipinski definition) is 0. The molecule has 12 aliphatic rings. The van der Waals surface area contributed by atoms with Gasteiger partial charge in [-0.25, -0.2) is 0 Å². The predicted octanol–water partition coefficient (Wildman–Crippen LogP) is 9.62. The highest BCUT2D eigenvalue weighted by Gasteiger charge is 2.80. The summed E-state index contributed by atoms with van der Waals surface area (Å²) >= 11 is 0. The van der Waals surface area contributed by atoms with Gasteiger partial charge in [-0.3, -0.25) is 4.79 Å². The van der Waals surface area contributed by atoms with Gasteiger partial charge in [0.1, 0.15) is 0 Å². The molecule has 6 aromatic carbocycles. The summed E-state index contributed by atoms with van der Waals surface area (Å²) in [7, 11) is 0. The minimum absolute atomic E-state index is 0.0142. The van der Waals surface area contributed by atoms with Crippen molar-refractivity contribution >= 4 is 76.9 Å². The van der Waals surface area contributed by atoms with Crippen LogP contribution in [0.3, 0.4) is 0 Å². The second-order valence-corrected chi connectivity index (χ2v) is 20.4. The topological polar surface area (TPSA) is 26.3 Å². The molecule has 0 bridgehead atoms. The van der Waals surface area contributed by atoms with E-state index in [0.717, 1.165) is 44.9 Å². The van der Waals surface area contributed by atoms with Crippen molar-refractivity contribution in [1.82, 2.24) is 0 Å². The molecule has 2 heteroatoms. The third-order valence-corrected chi connectivity index (χ3v) is 18.8. The van der Waals surface area contributed by atoms with Gasteiger partial charge in [0.2, 0.25) is 0 Å². The van der Waals surface area contributed by atoms with Gasteiger partial charge in [-0.05, 0) is 172 Å². The highest BCUT2D eigenvalue weighted by atomic mass is 16.5. The van der Waals surface area contributed by atoms with Crippen LogP contribution in [0, 0.1) is 11.8 Å². The van der Waals surface area contributed by atoms with Gasteiger partial charge in [-0.1, -0.05) is 89.8 Å². The zero-order chi connectivity index (χ0) is 35.6. The summed E-state index contributed by atoms with van der Waals surface area (Å²) in [5.74, 6) is 2.78. The van der Waals surface area contributed by atoms with E-state index in [0.29, 0.717) is 42.6 Å². The monoisotopic (exact) mass is 718 g/mol. The molecule has 266 valence electrons. The largest absolute Gasteiger partial charge is 0.466 e. The fourth-order valence-corrected chi connectivity index (χ4v) is 17.9. The molecule has 1 fully saturated rings. The second-order valence-electron chi connectivity index (χ2n) is 20.4. The van der Waals surface area contributed by atoms with Gasteiger partial charge in [0.05, 0.1) is 6.61 Å². The first-order valence-corrected chi connectivity index (χ1v) is 22.2. The molecule has 2 nitrogen and oxygen atoms in total. The second kappa shape index (κ2) is 7.95. The van der Waals surface area contributed by atoms with Crippen molar-refractivity contribution in [3.8, 4) is 0 Å². The number of carbonyl (C=O) groups excluding carboxylic acids is 1. The first kappa shape index (κ1) is 27.6. The molecule has 56 heavy (non-hydrogen) atoms. The highest BCUT2D eigenvalue weighted by molar-refractivity contribution is 6.42. The Kier molecular flexibility index (Phi) is 3.92. The van der Waals surface area contributed by atoms with Crippen LogP contribution >= 0.6 is 0 Å². The van der Waals surface area contributed by atoms with Crippen LogP contribution in [0.5, 0.6) is 0 Å². The van der Waals surface area contributed by atoms with Gasteiger partial charge < -0.3 is 4.74 Å². The molecule has 7 atom stereocenters. The lowest BCUT2D eigenvalue weighted by atomic mass is 9.61. The van der Waals surface area contributed by atoms with Crippen molar-refractivity contribution in [2.24, 2.45) is 11.8 Å². The minimum Gasteiger partial charge on any atom is -0.466 e. The molecule has 0 saturated heterocycles. The number of benzene rings is 4. The molecule has 18 rings (SSSR count). The van der Waals surface area contributed by atoms with Crippen LogP contribution in [0.25, 0.3) is 71.0 Å². The van der Waals surface area contributed by atoms with Gasteiger partial charge in [0, 0.05) is 40.9 Å². The molecule has 6 aromatic rings. The number of fused-ring (bicyclic) bond motifs is 1. The van der Waals surface area contributed by atoms with Gasteiger partial charge in [0.15, 0.2) is 0 Å². The summed E-state index contributed by atoms with van der Waals surface area (Å²) in [4.78, 5) is 13.2. The maximum atomic E-state index is 13.2. The molecule has 7 unspecified atom stereocenters. The lowest BCUT2D eigenvalue weighted by Crippen LogP contribution is -2.31. The summed E-state index contributed by atoms with van der Waals surface area (Å²) in [5.41, 5.74) is 25.6. The quantitative estimate of drug-likeness (QED) is 0.0679. The summed E-state index contributed by atoms with van der Waals surface area (Å²) < 4.78 is 5.77. The van der Waals surface area contributed by atoms with E-state index in [-0.39, 0.29) is 16.8 Å². The van der Waals surface area contributed by atoms with Crippen LogP contribution in [0.2, 0.25) is 0 Å². The van der Waals surface area contributed by atoms with Crippen LogP contribution in [0.15, 0.2) is 65.3 Å². The Morgan fingerprint density at radius 1 is 0.804 bits per heavy atom. The van der Waals surface area contributed by atoms with E-state index < -0.39 is 0 Å². The number of rotatable bonds is 8. The van der Waals surface area contributed by atoms with Crippen molar-refractivity contribution in [1.29, 1.82) is 0 Å². The average molecular weight is 719 g/mol. The first-order chi connectivity index (χ1) is 27.7. The zero-order valence-corrected chi connectivity index (χ0v) is 31.6. The van der Waals surface area contributed by atoms with Crippen molar-refractivity contribution in [3.05, 3.63) is 120 Å². The zero-order valence-electron chi connectivity index (χ0n) is 31.6. The van der Waals surface area contributed by atoms with E-state index in [9.17, 15) is 4.79 Å². The van der Waals surface area contributed by atoms with Crippen LogP contribution in [0.4, 0.5) is 0 Å². The molecular weight excluding hydrogens is 681 g/mol. The van der Waals surface area contributed by atoms with Gasteiger partial charge in [0.25, 0.3) is 0 Å². The Bertz CT molecular complexity index is 3530. The lowest BCUT2D eigenvalue weighted by Gasteiger charge is -2.42. The highest BCUT2D eigenvalue weighted by Crippen LogP contribution is 2.83. The molecule has 0 N–H and O–H groups in total. The lowest BCUT2D eigenvalue weighted by molar-refractivity contribution is -0.143. The Labute approximate surface area is 323 Å². The van der Waals surface area contributed by atoms with Gasteiger partial charge in [-0.2, -0.15) is 0 Å². The summed E-state index contributed by atoms with van der Waals surface area (Å²) in [5, 5.41) is 18.6. The molecule has 0 aliphatic heterocycles. The maximum absolute atomic E-state index is 13.2. The standard InChI is InChI=1S/C54H38O2/c1-2-3-12-56-30(55)10-7-11-53(28-8-5-4-6-9-28)52-29-19-26-17-23-15-24-14-21-13-22-16-25-18-27-20-54(52,53)51-37(27)42-36(25)41-32(22)31(21)39-35(24)40-33(23)34(26)43-38(29)50(51)49-47(42)45(41)44(39)46(40)48(43)49/h4-6,8-9,15-16,20,24,32,35,39,52H,2-3,7,10-14,17-19H2,1H3. The number of hydrogen-bond acceptors (Lipinski definition) is 2. The van der Waals surface area contributed by atoms with Gasteiger partial charge >= 0.3 is 5.97 Å². The fourth-order valence-electron chi connectivity index (χ4n) is 17.9. The maximum Gasteiger partial charge on any atom is 0.305 e. The Balaban J connectivity index is 1.04. The number of esters is 1. The molecular formula is C54H38O2. The van der Waals surface area contributed by atoms with E-state index in [1.165, 1.54) is 18.4 Å². The molecule has 1 saturated carbocycles. The van der Waals surface area contributed by atoms with Crippen LogP contribution < -0.4 is 15.7 Å². The average Bonchev–Trinajstić information content (AvgIpc) is 3.89. The molecule has 1 spiro atoms. The van der Waals surface area contributed by atoms with E-state index in [1.807, 2.05) is 16.7 Å². The van der Waals surface area contributed by atoms with E-state index >= 15 is 0 Å². The van der Waals surface area contributed by atoms with Crippen molar-refractivity contribution in [2.75, 3.05) is 6.61 Å². The van der Waals surface area contributed by atoms with Crippen LogP contribution in [0.1, 0.15) is 128 Å². The minimum atomic E-state index is -0.0754. The molecule has 0 amide bonds.